The Morgan fingerprint density at radius 3 is 2.60 bits per heavy atom. The molecule has 0 unspecified atom stereocenters. The Balaban J connectivity index is 2.16. The summed E-state index contributed by atoms with van der Waals surface area (Å²) in [6.45, 7) is 0.885. The Kier molecular flexibility index (Phi) is 5.64. The highest BCUT2D eigenvalue weighted by molar-refractivity contribution is 7.98. The lowest BCUT2D eigenvalue weighted by atomic mass is 10.2. The van der Waals surface area contributed by atoms with E-state index >= 15 is 0 Å². The summed E-state index contributed by atoms with van der Waals surface area (Å²) in [5, 5.41) is 3.30. The third-order valence-electron chi connectivity index (χ3n) is 2.74. The SMILES string of the molecule is CSCCCNc1cc(NN)nc(-c2ccccc2)n1. The maximum absolute atomic E-state index is 5.47. The van der Waals surface area contributed by atoms with Crippen LogP contribution in [0.1, 0.15) is 6.42 Å². The summed E-state index contributed by atoms with van der Waals surface area (Å²) >= 11 is 1.84. The maximum atomic E-state index is 5.47. The van der Waals surface area contributed by atoms with Crippen LogP contribution in [-0.2, 0) is 0 Å². The van der Waals surface area contributed by atoms with Crippen molar-refractivity contribution in [3.63, 3.8) is 0 Å². The van der Waals surface area contributed by atoms with Gasteiger partial charge in [-0.25, -0.2) is 15.8 Å². The number of rotatable bonds is 7. The van der Waals surface area contributed by atoms with Crippen LogP contribution in [0.15, 0.2) is 36.4 Å². The standard InChI is InChI=1S/C14H19N5S/c1-20-9-5-8-16-12-10-13(19-15)18-14(17-12)11-6-3-2-4-7-11/h2-4,6-7,10H,5,8-9,15H2,1H3,(H2,16,17,18,19). The van der Waals surface area contributed by atoms with E-state index in [2.05, 4.69) is 27.0 Å². The number of anilines is 2. The molecular formula is C14H19N5S. The third-order valence-corrected chi connectivity index (χ3v) is 3.43. The van der Waals surface area contributed by atoms with Gasteiger partial charge < -0.3 is 10.7 Å². The van der Waals surface area contributed by atoms with Crippen LogP contribution in [0.2, 0.25) is 0 Å². The molecule has 5 nitrogen and oxygen atoms in total. The molecule has 0 aliphatic carbocycles. The predicted molar refractivity (Wildman–Crippen MR) is 86.8 cm³/mol. The molecule has 0 atom stereocenters. The predicted octanol–water partition coefficient (Wildman–Crippen LogP) is 2.59. The van der Waals surface area contributed by atoms with Gasteiger partial charge in [-0.2, -0.15) is 11.8 Å². The van der Waals surface area contributed by atoms with Crippen LogP contribution in [0, 0.1) is 0 Å². The van der Waals surface area contributed by atoms with Crippen LogP contribution >= 0.6 is 11.8 Å². The minimum Gasteiger partial charge on any atom is -0.370 e. The smallest absolute Gasteiger partial charge is 0.163 e. The van der Waals surface area contributed by atoms with E-state index < -0.39 is 0 Å². The second-order valence-corrected chi connectivity index (χ2v) is 5.23. The van der Waals surface area contributed by atoms with Gasteiger partial charge in [-0.1, -0.05) is 30.3 Å². The summed E-state index contributed by atoms with van der Waals surface area (Å²) < 4.78 is 0. The molecule has 0 aliphatic rings. The van der Waals surface area contributed by atoms with Crippen molar-refractivity contribution < 1.29 is 0 Å². The minimum atomic E-state index is 0.603. The summed E-state index contributed by atoms with van der Waals surface area (Å²) in [7, 11) is 0. The zero-order chi connectivity index (χ0) is 14.2. The van der Waals surface area contributed by atoms with Crippen LogP contribution < -0.4 is 16.6 Å². The van der Waals surface area contributed by atoms with E-state index in [0.29, 0.717) is 11.6 Å². The van der Waals surface area contributed by atoms with Gasteiger partial charge in [-0.3, -0.25) is 0 Å². The molecule has 0 bridgehead atoms. The first kappa shape index (κ1) is 14.6. The molecule has 2 rings (SSSR count). The normalized spacial score (nSPS) is 10.3. The van der Waals surface area contributed by atoms with Gasteiger partial charge in [0.05, 0.1) is 0 Å². The average Bonchev–Trinajstić information content (AvgIpc) is 2.52. The summed E-state index contributed by atoms with van der Waals surface area (Å²) in [4.78, 5) is 8.90. The van der Waals surface area contributed by atoms with Gasteiger partial charge in [0, 0.05) is 18.2 Å². The summed E-state index contributed by atoms with van der Waals surface area (Å²) in [5.41, 5.74) is 3.55. The lowest BCUT2D eigenvalue weighted by Gasteiger charge is -2.09. The van der Waals surface area contributed by atoms with E-state index in [9.17, 15) is 0 Å². The molecule has 0 amide bonds. The summed E-state index contributed by atoms with van der Waals surface area (Å²) in [6.07, 6.45) is 3.20. The number of nitrogens with zero attached hydrogens (tertiary/aromatic N) is 2. The fourth-order valence-electron chi connectivity index (χ4n) is 1.76. The highest BCUT2D eigenvalue weighted by Crippen LogP contribution is 2.19. The van der Waals surface area contributed by atoms with Gasteiger partial charge in [0.15, 0.2) is 5.82 Å². The Morgan fingerprint density at radius 1 is 1.15 bits per heavy atom. The number of nitrogen functional groups attached to an aromatic ring is 1. The quantitative estimate of drug-likeness (QED) is 0.413. The van der Waals surface area contributed by atoms with E-state index in [0.717, 1.165) is 30.1 Å². The molecule has 1 heterocycles. The van der Waals surface area contributed by atoms with E-state index in [-0.39, 0.29) is 0 Å². The number of hydrogen-bond donors (Lipinski definition) is 3. The molecule has 0 fully saturated rings. The molecule has 2 aromatic rings. The maximum Gasteiger partial charge on any atom is 0.163 e. The Hall–Kier alpha value is -1.79. The number of nitrogens with two attached hydrogens (primary N) is 1. The largest absolute Gasteiger partial charge is 0.370 e. The number of nitrogens with one attached hydrogen (secondary N) is 2. The van der Waals surface area contributed by atoms with E-state index in [1.807, 2.05) is 48.2 Å². The Labute approximate surface area is 123 Å². The van der Waals surface area contributed by atoms with Crippen molar-refractivity contribution in [3.8, 4) is 11.4 Å². The number of hydrazine groups is 1. The highest BCUT2D eigenvalue weighted by atomic mass is 32.2. The molecule has 0 radical (unpaired) electrons. The number of benzene rings is 1. The highest BCUT2D eigenvalue weighted by Gasteiger charge is 2.05. The molecule has 106 valence electrons. The monoisotopic (exact) mass is 289 g/mol. The van der Waals surface area contributed by atoms with Gasteiger partial charge in [-0.05, 0) is 18.4 Å². The van der Waals surface area contributed by atoms with Crippen LogP contribution in [0.25, 0.3) is 11.4 Å². The van der Waals surface area contributed by atoms with Gasteiger partial charge in [0.1, 0.15) is 11.6 Å². The van der Waals surface area contributed by atoms with Crippen molar-refractivity contribution in [1.29, 1.82) is 0 Å². The van der Waals surface area contributed by atoms with Crippen LogP contribution in [0.5, 0.6) is 0 Å². The first-order valence-corrected chi connectivity index (χ1v) is 7.87. The molecule has 0 saturated heterocycles. The van der Waals surface area contributed by atoms with Gasteiger partial charge in [0.25, 0.3) is 0 Å². The lowest BCUT2D eigenvalue weighted by molar-refractivity contribution is 0.977. The zero-order valence-corrected chi connectivity index (χ0v) is 12.3. The van der Waals surface area contributed by atoms with Gasteiger partial charge >= 0.3 is 0 Å². The second-order valence-electron chi connectivity index (χ2n) is 4.25. The number of hydrogen-bond acceptors (Lipinski definition) is 6. The first-order valence-electron chi connectivity index (χ1n) is 6.47. The Bertz CT molecular complexity index is 532. The molecule has 0 saturated carbocycles. The fourth-order valence-corrected chi connectivity index (χ4v) is 2.19. The minimum absolute atomic E-state index is 0.603. The summed E-state index contributed by atoms with van der Waals surface area (Å²) in [6, 6.07) is 11.7. The van der Waals surface area contributed by atoms with Crippen molar-refractivity contribution in [2.45, 2.75) is 6.42 Å². The van der Waals surface area contributed by atoms with E-state index in [1.165, 1.54) is 0 Å². The molecule has 1 aromatic carbocycles. The van der Waals surface area contributed by atoms with Crippen LogP contribution in [0.4, 0.5) is 11.6 Å². The van der Waals surface area contributed by atoms with Gasteiger partial charge in [-0.15, -0.1) is 0 Å². The molecule has 1 aromatic heterocycles. The fraction of sp³-hybridized carbons (Fsp3) is 0.286. The molecular weight excluding hydrogens is 270 g/mol. The Morgan fingerprint density at radius 2 is 1.90 bits per heavy atom. The molecule has 4 N–H and O–H groups in total. The van der Waals surface area contributed by atoms with Crippen LogP contribution in [0.3, 0.4) is 0 Å². The third kappa shape index (κ3) is 4.11. The molecule has 0 spiro atoms. The van der Waals surface area contributed by atoms with E-state index in [1.54, 1.807) is 0 Å². The van der Waals surface area contributed by atoms with Crippen molar-refractivity contribution in [3.05, 3.63) is 36.4 Å². The topological polar surface area (TPSA) is 75.9 Å². The summed E-state index contributed by atoms with van der Waals surface area (Å²) in [5.74, 6) is 8.65. The first-order chi connectivity index (χ1) is 9.83. The zero-order valence-electron chi connectivity index (χ0n) is 11.5. The van der Waals surface area contributed by atoms with E-state index in [4.69, 9.17) is 5.84 Å². The second kappa shape index (κ2) is 7.72. The molecule has 0 aliphatic heterocycles. The van der Waals surface area contributed by atoms with Crippen molar-refractivity contribution in [2.75, 3.05) is 29.3 Å². The van der Waals surface area contributed by atoms with Crippen molar-refractivity contribution in [2.24, 2.45) is 5.84 Å². The van der Waals surface area contributed by atoms with Crippen molar-refractivity contribution >= 4 is 23.4 Å². The van der Waals surface area contributed by atoms with Crippen LogP contribution in [-0.4, -0.2) is 28.5 Å². The van der Waals surface area contributed by atoms with Crippen molar-refractivity contribution in [1.82, 2.24) is 9.97 Å². The lowest BCUT2D eigenvalue weighted by Crippen LogP contribution is -2.12. The average molecular weight is 289 g/mol. The molecule has 6 heteroatoms. The number of aromatic nitrogens is 2. The number of thioether (sulfide) groups is 1. The molecule has 20 heavy (non-hydrogen) atoms. The van der Waals surface area contributed by atoms with Gasteiger partial charge in [0.2, 0.25) is 0 Å².